The van der Waals surface area contributed by atoms with Crippen molar-refractivity contribution in [2.24, 2.45) is 0 Å². The maximum atomic E-state index is 13.3. The van der Waals surface area contributed by atoms with Crippen molar-refractivity contribution in [1.82, 2.24) is 5.32 Å². The van der Waals surface area contributed by atoms with E-state index in [-0.39, 0.29) is 12.1 Å². The molecule has 0 saturated heterocycles. The second-order valence-electron chi connectivity index (χ2n) is 6.27. The largest absolute Gasteiger partial charge is 0.416 e. The van der Waals surface area contributed by atoms with E-state index in [0.29, 0.717) is 10.0 Å². The zero-order chi connectivity index (χ0) is 18.8. The van der Waals surface area contributed by atoms with Gasteiger partial charge >= 0.3 is 6.18 Å². The van der Waals surface area contributed by atoms with Crippen LogP contribution in [0.4, 0.5) is 17.6 Å². The van der Waals surface area contributed by atoms with Gasteiger partial charge in [-0.15, -0.1) is 0 Å². The Morgan fingerprint density at radius 1 is 1.08 bits per heavy atom. The Labute approximate surface area is 151 Å². The Hall–Kier alpha value is -1.89. The van der Waals surface area contributed by atoms with E-state index in [1.807, 2.05) is 0 Å². The Balaban J connectivity index is 2.16. The quantitative estimate of drug-likeness (QED) is 0.670. The molecule has 0 aliphatic heterocycles. The van der Waals surface area contributed by atoms with E-state index < -0.39 is 28.9 Å². The van der Waals surface area contributed by atoms with Gasteiger partial charge in [0.15, 0.2) is 0 Å². The van der Waals surface area contributed by atoms with Gasteiger partial charge in [0, 0.05) is 16.4 Å². The van der Waals surface area contributed by atoms with Crippen LogP contribution in [0.25, 0.3) is 0 Å². The van der Waals surface area contributed by atoms with Crippen molar-refractivity contribution in [2.45, 2.75) is 25.4 Å². The standard InChI is InChI=1S/C18H16BrF4NO/c1-17(2,11-4-3-5-12(8-11)18(21,22)23)10-24-16(25)14-9-13(20)6-7-15(14)19/h3-9H,10H2,1-2H3,(H,24,25). The highest BCUT2D eigenvalue weighted by Crippen LogP contribution is 2.32. The molecule has 25 heavy (non-hydrogen) atoms. The van der Waals surface area contributed by atoms with E-state index >= 15 is 0 Å². The first-order chi connectivity index (χ1) is 11.5. The van der Waals surface area contributed by atoms with Gasteiger partial charge in [-0.25, -0.2) is 4.39 Å². The molecule has 2 aromatic rings. The second-order valence-corrected chi connectivity index (χ2v) is 7.12. The number of benzene rings is 2. The molecule has 134 valence electrons. The van der Waals surface area contributed by atoms with E-state index in [2.05, 4.69) is 21.2 Å². The van der Waals surface area contributed by atoms with Crippen LogP contribution < -0.4 is 5.32 Å². The molecule has 0 unspecified atom stereocenters. The van der Waals surface area contributed by atoms with Gasteiger partial charge in [-0.1, -0.05) is 32.0 Å². The number of rotatable bonds is 4. The molecule has 0 heterocycles. The number of nitrogens with one attached hydrogen (secondary N) is 1. The molecule has 1 amide bonds. The molecule has 0 atom stereocenters. The molecule has 2 nitrogen and oxygen atoms in total. The SMILES string of the molecule is CC(C)(CNC(=O)c1cc(F)ccc1Br)c1cccc(C(F)(F)F)c1. The van der Waals surface area contributed by atoms with Crippen LogP contribution in [0.2, 0.25) is 0 Å². The van der Waals surface area contributed by atoms with Crippen molar-refractivity contribution < 1.29 is 22.4 Å². The van der Waals surface area contributed by atoms with Crippen LogP contribution in [0.5, 0.6) is 0 Å². The highest BCUT2D eigenvalue weighted by molar-refractivity contribution is 9.10. The highest BCUT2D eigenvalue weighted by atomic mass is 79.9. The Kier molecular flexibility index (Phi) is 5.56. The number of carbonyl (C=O) groups excluding carboxylic acids is 1. The van der Waals surface area contributed by atoms with Crippen molar-refractivity contribution in [1.29, 1.82) is 0 Å². The lowest BCUT2D eigenvalue weighted by Crippen LogP contribution is -2.37. The molecule has 7 heteroatoms. The van der Waals surface area contributed by atoms with Crippen LogP contribution in [0, 0.1) is 5.82 Å². The zero-order valence-electron chi connectivity index (χ0n) is 13.5. The Morgan fingerprint density at radius 3 is 2.36 bits per heavy atom. The smallest absolute Gasteiger partial charge is 0.351 e. The molecule has 0 saturated carbocycles. The summed E-state index contributed by atoms with van der Waals surface area (Å²) < 4.78 is 52.3. The number of carbonyl (C=O) groups is 1. The minimum absolute atomic E-state index is 0.0934. The van der Waals surface area contributed by atoms with Crippen LogP contribution in [0.1, 0.15) is 35.3 Å². The summed E-state index contributed by atoms with van der Waals surface area (Å²) in [5, 5.41) is 2.65. The van der Waals surface area contributed by atoms with Gasteiger partial charge in [-0.05, 0) is 45.8 Å². The summed E-state index contributed by atoms with van der Waals surface area (Å²) in [5.41, 5.74) is -0.908. The topological polar surface area (TPSA) is 29.1 Å². The molecule has 0 spiro atoms. The summed E-state index contributed by atoms with van der Waals surface area (Å²) in [4.78, 5) is 12.2. The minimum atomic E-state index is -4.43. The third kappa shape index (κ3) is 4.81. The normalized spacial score (nSPS) is 12.1. The van der Waals surface area contributed by atoms with E-state index in [9.17, 15) is 22.4 Å². The summed E-state index contributed by atoms with van der Waals surface area (Å²) in [6, 6.07) is 8.73. The van der Waals surface area contributed by atoms with Crippen LogP contribution in [0.3, 0.4) is 0 Å². The number of amides is 1. The van der Waals surface area contributed by atoms with E-state index in [4.69, 9.17) is 0 Å². The molecule has 2 rings (SSSR count). The number of hydrogen-bond donors (Lipinski definition) is 1. The number of halogens is 5. The first-order valence-corrected chi connectivity index (χ1v) is 8.21. The molecule has 0 bridgehead atoms. The second kappa shape index (κ2) is 7.15. The fraction of sp³-hybridized carbons (Fsp3) is 0.278. The van der Waals surface area contributed by atoms with Gasteiger partial charge in [0.1, 0.15) is 5.82 Å². The first kappa shape index (κ1) is 19.4. The van der Waals surface area contributed by atoms with Gasteiger partial charge in [-0.2, -0.15) is 13.2 Å². The fourth-order valence-electron chi connectivity index (χ4n) is 2.29. The van der Waals surface area contributed by atoms with Crippen molar-refractivity contribution >= 4 is 21.8 Å². The summed E-state index contributed by atoms with van der Waals surface area (Å²) in [5.74, 6) is -1.06. The lowest BCUT2D eigenvalue weighted by atomic mass is 9.83. The molecule has 2 aromatic carbocycles. The molecule has 1 N–H and O–H groups in total. The number of alkyl halides is 3. The van der Waals surface area contributed by atoms with Crippen molar-refractivity contribution in [3.8, 4) is 0 Å². The van der Waals surface area contributed by atoms with Crippen molar-refractivity contribution in [2.75, 3.05) is 6.54 Å². The maximum Gasteiger partial charge on any atom is 0.416 e. The molecular formula is C18H16BrF4NO. The summed E-state index contributed by atoms with van der Waals surface area (Å²) in [7, 11) is 0. The zero-order valence-corrected chi connectivity index (χ0v) is 15.1. The summed E-state index contributed by atoms with van der Waals surface area (Å²) >= 11 is 3.18. The summed E-state index contributed by atoms with van der Waals surface area (Å²) in [6.07, 6.45) is -4.43. The molecule has 0 aliphatic rings. The van der Waals surface area contributed by atoms with Crippen LogP contribution >= 0.6 is 15.9 Å². The predicted octanol–water partition coefficient (Wildman–Crippen LogP) is 5.31. The first-order valence-electron chi connectivity index (χ1n) is 7.42. The third-order valence-electron chi connectivity index (χ3n) is 3.84. The van der Waals surface area contributed by atoms with Crippen molar-refractivity contribution in [3.63, 3.8) is 0 Å². The molecule has 0 radical (unpaired) electrons. The van der Waals surface area contributed by atoms with E-state index in [1.54, 1.807) is 19.9 Å². The Morgan fingerprint density at radius 2 is 1.72 bits per heavy atom. The molecule has 0 aromatic heterocycles. The lowest BCUT2D eigenvalue weighted by Gasteiger charge is -2.26. The van der Waals surface area contributed by atoms with Gasteiger partial charge in [0.05, 0.1) is 11.1 Å². The molecule has 0 aliphatic carbocycles. The minimum Gasteiger partial charge on any atom is -0.351 e. The Bertz CT molecular complexity index is 787. The lowest BCUT2D eigenvalue weighted by molar-refractivity contribution is -0.137. The van der Waals surface area contributed by atoms with Gasteiger partial charge in [0.25, 0.3) is 5.91 Å². The van der Waals surface area contributed by atoms with Crippen LogP contribution in [-0.2, 0) is 11.6 Å². The van der Waals surface area contributed by atoms with Crippen LogP contribution in [-0.4, -0.2) is 12.5 Å². The number of hydrogen-bond acceptors (Lipinski definition) is 1. The average Bonchev–Trinajstić information content (AvgIpc) is 2.54. The average molecular weight is 418 g/mol. The van der Waals surface area contributed by atoms with Crippen LogP contribution in [0.15, 0.2) is 46.9 Å². The predicted molar refractivity (Wildman–Crippen MR) is 90.9 cm³/mol. The molecular weight excluding hydrogens is 402 g/mol. The van der Waals surface area contributed by atoms with Gasteiger partial charge in [-0.3, -0.25) is 4.79 Å². The monoisotopic (exact) mass is 417 g/mol. The third-order valence-corrected chi connectivity index (χ3v) is 4.53. The van der Waals surface area contributed by atoms with Gasteiger partial charge in [0.2, 0.25) is 0 Å². The maximum absolute atomic E-state index is 13.3. The molecule has 0 fully saturated rings. The fourth-order valence-corrected chi connectivity index (χ4v) is 2.71. The van der Waals surface area contributed by atoms with E-state index in [1.165, 1.54) is 18.2 Å². The highest BCUT2D eigenvalue weighted by Gasteiger charge is 2.32. The van der Waals surface area contributed by atoms with Crippen molar-refractivity contribution in [3.05, 3.63) is 69.4 Å². The summed E-state index contributed by atoms with van der Waals surface area (Å²) in [6.45, 7) is 3.54. The van der Waals surface area contributed by atoms with E-state index in [0.717, 1.165) is 18.2 Å². The van der Waals surface area contributed by atoms with Gasteiger partial charge < -0.3 is 5.32 Å².